The summed E-state index contributed by atoms with van der Waals surface area (Å²) in [5.41, 5.74) is 1.56. The van der Waals surface area contributed by atoms with Gasteiger partial charge in [0.05, 0.1) is 11.1 Å². The Labute approximate surface area is 241 Å². The van der Waals surface area contributed by atoms with Crippen molar-refractivity contribution < 1.29 is 24.0 Å². The van der Waals surface area contributed by atoms with Crippen LogP contribution in [0.15, 0.2) is 18.2 Å². The molecule has 1 aromatic carbocycles. The topological polar surface area (TPSA) is 110 Å². The van der Waals surface area contributed by atoms with E-state index in [1.807, 2.05) is 6.07 Å². The molecule has 1 aliphatic carbocycles. The number of anilines is 1. The fraction of sp³-hybridized carbons (Fsp3) is 0.645. The fourth-order valence-corrected chi connectivity index (χ4v) is 7.43. The number of fused-ring (bicyclic) bond motifs is 1. The molecule has 220 valence electrons. The number of carbonyl (C=O) groups excluding carboxylic acids is 5. The predicted octanol–water partition coefficient (Wildman–Crippen LogP) is 2.56. The van der Waals surface area contributed by atoms with Crippen LogP contribution in [0.4, 0.5) is 5.69 Å². The molecule has 1 aromatic rings. The Bertz CT molecular complexity index is 1210. The molecule has 1 saturated carbocycles. The molecule has 1 atom stereocenters. The van der Waals surface area contributed by atoms with Gasteiger partial charge in [-0.1, -0.05) is 0 Å². The Kier molecular flexibility index (Phi) is 8.10. The van der Waals surface area contributed by atoms with Crippen molar-refractivity contribution in [2.75, 3.05) is 44.2 Å². The highest BCUT2D eigenvalue weighted by Gasteiger charge is 2.45. The molecular weight excluding hydrogens is 522 g/mol. The van der Waals surface area contributed by atoms with Crippen molar-refractivity contribution in [2.24, 2.45) is 5.92 Å². The van der Waals surface area contributed by atoms with E-state index in [1.54, 1.807) is 12.1 Å². The minimum atomic E-state index is -0.947. The van der Waals surface area contributed by atoms with Gasteiger partial charge in [0.2, 0.25) is 17.7 Å². The molecule has 0 aromatic heterocycles. The molecule has 1 N–H and O–H groups in total. The third-order valence-electron chi connectivity index (χ3n) is 9.91. The zero-order chi connectivity index (χ0) is 28.5. The average molecular weight is 564 g/mol. The van der Waals surface area contributed by atoms with E-state index in [-0.39, 0.29) is 18.7 Å². The number of piperazine rings is 1. The highest BCUT2D eigenvalue weighted by molar-refractivity contribution is 6.23. The van der Waals surface area contributed by atoms with Gasteiger partial charge in [-0.15, -0.1) is 0 Å². The maximum atomic E-state index is 13.2. The molecule has 3 saturated heterocycles. The second kappa shape index (κ2) is 11.9. The van der Waals surface area contributed by atoms with Crippen molar-refractivity contribution >= 4 is 35.2 Å². The van der Waals surface area contributed by atoms with Crippen LogP contribution in [0.3, 0.4) is 0 Å². The van der Waals surface area contributed by atoms with Crippen LogP contribution >= 0.6 is 0 Å². The number of imide groups is 2. The number of likely N-dealkylation sites (tertiary alicyclic amines) is 1. The van der Waals surface area contributed by atoms with Crippen LogP contribution in [0, 0.1) is 5.92 Å². The summed E-state index contributed by atoms with van der Waals surface area (Å²) in [5, 5.41) is 2.24. The third kappa shape index (κ3) is 5.76. The quantitative estimate of drug-likeness (QED) is 0.530. The molecule has 5 amide bonds. The second-order valence-corrected chi connectivity index (χ2v) is 12.4. The van der Waals surface area contributed by atoms with Crippen LogP contribution in [0.1, 0.15) is 91.3 Å². The summed E-state index contributed by atoms with van der Waals surface area (Å²) in [6.45, 7) is 5.49. The number of nitrogens with zero attached hydrogens (tertiary/aromatic N) is 4. The minimum absolute atomic E-state index is 0.111. The number of carbonyl (C=O) groups is 5. The van der Waals surface area contributed by atoms with Gasteiger partial charge in [0, 0.05) is 63.8 Å². The number of rotatable bonds is 6. The van der Waals surface area contributed by atoms with Crippen LogP contribution in [-0.2, 0) is 14.4 Å². The van der Waals surface area contributed by atoms with Crippen molar-refractivity contribution in [1.82, 2.24) is 20.0 Å². The molecule has 0 bridgehead atoms. The normalized spacial score (nSPS) is 27.7. The summed E-state index contributed by atoms with van der Waals surface area (Å²) in [6.07, 6.45) is 10.3. The van der Waals surface area contributed by atoms with Gasteiger partial charge in [0.25, 0.3) is 11.8 Å². The molecule has 0 spiro atoms. The second-order valence-electron chi connectivity index (χ2n) is 12.4. The SMILES string of the molecule is O=C1CCC(N2C(=O)c3ccc(N4CCN(C5CCC(CCC(=O)N6CCCCC6)CC5)CC4)cc3C2=O)C(=O)N1. The summed E-state index contributed by atoms with van der Waals surface area (Å²) in [5.74, 6) is -0.891. The first-order chi connectivity index (χ1) is 19.9. The van der Waals surface area contributed by atoms with Crippen molar-refractivity contribution in [3.8, 4) is 0 Å². The van der Waals surface area contributed by atoms with E-state index in [4.69, 9.17) is 0 Å². The average Bonchev–Trinajstić information content (AvgIpc) is 3.25. The summed E-state index contributed by atoms with van der Waals surface area (Å²) >= 11 is 0. The predicted molar refractivity (Wildman–Crippen MR) is 152 cm³/mol. The molecule has 10 heteroatoms. The van der Waals surface area contributed by atoms with Gasteiger partial charge < -0.3 is 9.80 Å². The maximum absolute atomic E-state index is 13.2. The lowest BCUT2D eigenvalue weighted by molar-refractivity contribution is -0.136. The van der Waals surface area contributed by atoms with E-state index in [0.29, 0.717) is 35.4 Å². The van der Waals surface area contributed by atoms with Crippen LogP contribution < -0.4 is 10.2 Å². The van der Waals surface area contributed by atoms with Crippen molar-refractivity contribution in [3.63, 3.8) is 0 Å². The largest absolute Gasteiger partial charge is 0.369 e. The van der Waals surface area contributed by atoms with Crippen LogP contribution in [0.5, 0.6) is 0 Å². The van der Waals surface area contributed by atoms with Crippen molar-refractivity contribution in [1.29, 1.82) is 0 Å². The highest BCUT2D eigenvalue weighted by atomic mass is 16.2. The van der Waals surface area contributed by atoms with E-state index in [2.05, 4.69) is 20.0 Å². The van der Waals surface area contributed by atoms with E-state index in [1.165, 1.54) is 32.1 Å². The van der Waals surface area contributed by atoms with Crippen molar-refractivity contribution in [3.05, 3.63) is 29.3 Å². The Balaban J connectivity index is 0.984. The van der Waals surface area contributed by atoms with Gasteiger partial charge in [0.1, 0.15) is 6.04 Å². The maximum Gasteiger partial charge on any atom is 0.262 e. The molecule has 41 heavy (non-hydrogen) atoms. The molecule has 0 radical (unpaired) electrons. The summed E-state index contributed by atoms with van der Waals surface area (Å²) in [7, 11) is 0. The first-order valence-corrected chi connectivity index (χ1v) is 15.5. The number of hydrogen-bond donors (Lipinski definition) is 1. The Morgan fingerprint density at radius 1 is 0.805 bits per heavy atom. The fourth-order valence-electron chi connectivity index (χ4n) is 7.43. The minimum Gasteiger partial charge on any atom is -0.369 e. The first-order valence-electron chi connectivity index (χ1n) is 15.5. The van der Waals surface area contributed by atoms with Crippen LogP contribution in [-0.4, -0.2) is 95.6 Å². The summed E-state index contributed by atoms with van der Waals surface area (Å²) in [4.78, 5) is 70.6. The molecular formula is C31H41N5O5. The van der Waals surface area contributed by atoms with Gasteiger partial charge in [-0.05, 0) is 81.9 Å². The Morgan fingerprint density at radius 2 is 1.51 bits per heavy atom. The first kappa shape index (κ1) is 27.9. The van der Waals surface area contributed by atoms with Gasteiger partial charge >= 0.3 is 0 Å². The van der Waals surface area contributed by atoms with Gasteiger partial charge in [-0.3, -0.25) is 39.1 Å². The standard InChI is InChI=1S/C31H41N5O5/c37-27-12-11-26(29(39)32-27)36-30(40)24-10-9-23(20-25(24)31(36)41)34-18-16-33(17-19-34)22-7-4-21(5-8-22)6-13-28(38)35-14-2-1-3-15-35/h9-10,20-22,26H,1-8,11-19H2,(H,32,37,39). The lowest BCUT2D eigenvalue weighted by Gasteiger charge is -2.42. The van der Waals surface area contributed by atoms with Crippen molar-refractivity contribution in [2.45, 2.75) is 82.7 Å². The van der Waals surface area contributed by atoms with Gasteiger partial charge in [0.15, 0.2) is 0 Å². The number of amides is 5. The monoisotopic (exact) mass is 563 g/mol. The Hall–Kier alpha value is -3.27. The zero-order valence-corrected chi connectivity index (χ0v) is 23.8. The molecule has 1 unspecified atom stereocenters. The van der Waals surface area contributed by atoms with E-state index < -0.39 is 23.8 Å². The lowest BCUT2D eigenvalue weighted by atomic mass is 9.82. The van der Waals surface area contributed by atoms with Gasteiger partial charge in [-0.25, -0.2) is 0 Å². The van der Waals surface area contributed by atoms with Crippen LogP contribution in [0.25, 0.3) is 0 Å². The molecule has 10 nitrogen and oxygen atoms in total. The third-order valence-corrected chi connectivity index (χ3v) is 9.91. The molecule has 6 rings (SSSR count). The molecule has 5 aliphatic rings. The molecule has 4 aliphatic heterocycles. The van der Waals surface area contributed by atoms with E-state index in [9.17, 15) is 24.0 Å². The van der Waals surface area contributed by atoms with Crippen LogP contribution in [0.2, 0.25) is 0 Å². The Morgan fingerprint density at radius 3 is 2.22 bits per heavy atom. The smallest absolute Gasteiger partial charge is 0.262 e. The number of benzene rings is 1. The van der Waals surface area contributed by atoms with E-state index >= 15 is 0 Å². The summed E-state index contributed by atoms with van der Waals surface area (Å²) in [6, 6.07) is 5.02. The van der Waals surface area contributed by atoms with Gasteiger partial charge in [-0.2, -0.15) is 0 Å². The molecule has 4 fully saturated rings. The highest BCUT2D eigenvalue weighted by Crippen LogP contribution is 2.33. The molecule has 4 heterocycles. The number of nitrogens with one attached hydrogen (secondary N) is 1. The van der Waals surface area contributed by atoms with E-state index in [0.717, 1.165) is 69.1 Å². The lowest BCUT2D eigenvalue weighted by Crippen LogP contribution is -2.54. The number of piperidine rings is 2. The summed E-state index contributed by atoms with van der Waals surface area (Å²) < 4.78 is 0. The zero-order valence-electron chi connectivity index (χ0n) is 23.8. The number of hydrogen-bond acceptors (Lipinski definition) is 7.